The van der Waals surface area contributed by atoms with E-state index in [0.717, 1.165) is 25.3 Å². The van der Waals surface area contributed by atoms with Crippen molar-refractivity contribution in [3.63, 3.8) is 0 Å². The van der Waals surface area contributed by atoms with Crippen LogP contribution in [-0.2, 0) is 13.0 Å². The first-order valence-electron chi connectivity index (χ1n) is 6.06. The number of hydrogen-bond donors (Lipinski definition) is 1. The fourth-order valence-electron chi connectivity index (χ4n) is 1.65. The molecule has 18 heavy (non-hydrogen) atoms. The second-order valence-corrected chi connectivity index (χ2v) is 3.84. The molecule has 0 atom stereocenters. The molecule has 1 heterocycles. The Balaban J connectivity index is 1.74. The van der Waals surface area contributed by atoms with Crippen molar-refractivity contribution >= 4 is 0 Å². The van der Waals surface area contributed by atoms with Crippen molar-refractivity contribution in [3.8, 4) is 5.75 Å². The monoisotopic (exact) mass is 247 g/mol. The molecule has 5 heteroatoms. The largest absolute Gasteiger partial charge is 0.494 e. The normalized spacial score (nSPS) is 10.5. The number of nitrogens with one attached hydrogen (secondary N) is 1. The summed E-state index contributed by atoms with van der Waals surface area (Å²) in [5.74, 6) is 1.57. The van der Waals surface area contributed by atoms with Crippen LogP contribution in [0, 0.1) is 0 Å². The predicted octanol–water partition coefficient (Wildman–Crippen LogP) is 1.80. The molecular weight excluding hydrogens is 230 g/mol. The quantitative estimate of drug-likeness (QED) is 0.756. The molecule has 0 aliphatic heterocycles. The lowest BCUT2D eigenvalue weighted by Gasteiger charge is -2.06. The van der Waals surface area contributed by atoms with Crippen molar-refractivity contribution in [2.24, 2.45) is 0 Å². The van der Waals surface area contributed by atoms with Gasteiger partial charge in [-0.25, -0.2) is 0 Å². The highest BCUT2D eigenvalue weighted by Gasteiger charge is 1.99. The van der Waals surface area contributed by atoms with Gasteiger partial charge in [-0.15, -0.1) is 0 Å². The maximum absolute atomic E-state index is 5.45. The summed E-state index contributed by atoms with van der Waals surface area (Å²) in [7, 11) is 0. The molecule has 0 aliphatic rings. The Labute approximate surface area is 106 Å². The van der Waals surface area contributed by atoms with Gasteiger partial charge in [-0.2, -0.15) is 4.98 Å². The van der Waals surface area contributed by atoms with E-state index in [4.69, 9.17) is 9.26 Å². The number of benzene rings is 1. The van der Waals surface area contributed by atoms with Crippen LogP contribution >= 0.6 is 0 Å². The Hall–Kier alpha value is -1.88. The number of aromatic nitrogens is 2. The highest BCUT2D eigenvalue weighted by Crippen LogP contribution is 2.12. The number of nitrogens with zero attached hydrogens (tertiary/aromatic N) is 2. The van der Waals surface area contributed by atoms with Gasteiger partial charge >= 0.3 is 0 Å². The van der Waals surface area contributed by atoms with E-state index >= 15 is 0 Å². The van der Waals surface area contributed by atoms with Crippen LogP contribution in [0.1, 0.15) is 18.4 Å². The van der Waals surface area contributed by atoms with Gasteiger partial charge in [-0.3, -0.25) is 0 Å². The van der Waals surface area contributed by atoms with Gasteiger partial charge in [0.15, 0.2) is 6.33 Å². The first-order chi connectivity index (χ1) is 8.88. The minimum Gasteiger partial charge on any atom is -0.494 e. The summed E-state index contributed by atoms with van der Waals surface area (Å²) in [4.78, 5) is 3.96. The highest BCUT2D eigenvalue weighted by molar-refractivity contribution is 5.28. The van der Waals surface area contributed by atoms with E-state index in [1.807, 2.05) is 25.1 Å². The smallest absolute Gasteiger partial charge is 0.227 e. The third-order valence-electron chi connectivity index (χ3n) is 2.46. The first-order valence-corrected chi connectivity index (χ1v) is 6.06. The Morgan fingerprint density at radius 2 is 2.33 bits per heavy atom. The molecule has 96 valence electrons. The topological polar surface area (TPSA) is 60.2 Å². The maximum atomic E-state index is 5.45. The lowest BCUT2D eigenvalue weighted by molar-refractivity contribution is 0.339. The fraction of sp³-hybridized carbons (Fsp3) is 0.385. The molecule has 1 N–H and O–H groups in total. The minimum absolute atomic E-state index is 0.658. The maximum Gasteiger partial charge on any atom is 0.227 e. The zero-order valence-corrected chi connectivity index (χ0v) is 10.4. The molecule has 1 aromatic carbocycles. The van der Waals surface area contributed by atoms with Crippen LogP contribution in [0.3, 0.4) is 0 Å². The van der Waals surface area contributed by atoms with Crippen molar-refractivity contribution in [2.75, 3.05) is 13.2 Å². The van der Waals surface area contributed by atoms with Crippen molar-refractivity contribution in [1.29, 1.82) is 0 Å². The van der Waals surface area contributed by atoms with Crippen LogP contribution in [0.4, 0.5) is 0 Å². The van der Waals surface area contributed by atoms with Gasteiger partial charge in [0, 0.05) is 19.5 Å². The van der Waals surface area contributed by atoms with E-state index in [0.29, 0.717) is 12.5 Å². The lowest BCUT2D eigenvalue weighted by Crippen LogP contribution is -2.16. The Kier molecular flexibility index (Phi) is 4.72. The third-order valence-corrected chi connectivity index (χ3v) is 2.46. The fourth-order valence-corrected chi connectivity index (χ4v) is 1.65. The molecule has 0 saturated heterocycles. The minimum atomic E-state index is 0.658. The van der Waals surface area contributed by atoms with Gasteiger partial charge in [0.2, 0.25) is 5.89 Å². The van der Waals surface area contributed by atoms with Gasteiger partial charge in [0.1, 0.15) is 5.75 Å². The summed E-state index contributed by atoms with van der Waals surface area (Å²) in [6, 6.07) is 8.08. The van der Waals surface area contributed by atoms with Crippen LogP contribution in [0.5, 0.6) is 5.75 Å². The molecule has 0 unspecified atom stereocenters. The molecule has 5 nitrogen and oxygen atoms in total. The summed E-state index contributed by atoms with van der Waals surface area (Å²) in [6.07, 6.45) is 2.16. The zero-order chi connectivity index (χ0) is 12.6. The van der Waals surface area contributed by atoms with Gasteiger partial charge in [0.25, 0.3) is 0 Å². The summed E-state index contributed by atoms with van der Waals surface area (Å²) in [5.41, 5.74) is 1.20. The van der Waals surface area contributed by atoms with Gasteiger partial charge in [-0.1, -0.05) is 17.3 Å². The van der Waals surface area contributed by atoms with Gasteiger partial charge in [0.05, 0.1) is 6.61 Å². The third kappa shape index (κ3) is 3.85. The van der Waals surface area contributed by atoms with E-state index in [9.17, 15) is 0 Å². The molecular formula is C13H17N3O2. The van der Waals surface area contributed by atoms with Crippen molar-refractivity contribution in [1.82, 2.24) is 15.5 Å². The molecule has 0 aliphatic carbocycles. The molecule has 0 spiro atoms. The summed E-state index contributed by atoms with van der Waals surface area (Å²) in [6.45, 7) is 4.28. The molecule has 2 aromatic rings. The van der Waals surface area contributed by atoms with Crippen molar-refractivity contribution in [2.45, 2.75) is 19.9 Å². The average Bonchev–Trinajstić information content (AvgIpc) is 2.89. The number of hydrogen-bond acceptors (Lipinski definition) is 5. The van der Waals surface area contributed by atoms with Crippen LogP contribution in [-0.4, -0.2) is 23.3 Å². The lowest BCUT2D eigenvalue weighted by atomic mass is 10.2. The van der Waals surface area contributed by atoms with Crippen LogP contribution in [0.25, 0.3) is 0 Å². The second-order valence-electron chi connectivity index (χ2n) is 3.84. The number of rotatable bonds is 7. The first kappa shape index (κ1) is 12.6. The molecule has 0 saturated carbocycles. The predicted molar refractivity (Wildman–Crippen MR) is 67.3 cm³/mol. The van der Waals surface area contributed by atoms with Crippen LogP contribution in [0.15, 0.2) is 35.1 Å². The highest BCUT2D eigenvalue weighted by atomic mass is 16.5. The van der Waals surface area contributed by atoms with Crippen LogP contribution < -0.4 is 10.1 Å². The molecule has 0 bridgehead atoms. The van der Waals surface area contributed by atoms with Crippen molar-refractivity contribution in [3.05, 3.63) is 42.0 Å². The van der Waals surface area contributed by atoms with Gasteiger partial charge < -0.3 is 14.6 Å². The molecule has 0 amide bonds. The Morgan fingerprint density at radius 3 is 3.11 bits per heavy atom. The van der Waals surface area contributed by atoms with Crippen LogP contribution in [0.2, 0.25) is 0 Å². The SMILES string of the molecule is CCOc1cccc(CNCCc2ncno2)c1. The van der Waals surface area contributed by atoms with Gasteiger partial charge in [-0.05, 0) is 24.6 Å². The van der Waals surface area contributed by atoms with E-state index in [-0.39, 0.29) is 0 Å². The summed E-state index contributed by atoms with van der Waals surface area (Å²) < 4.78 is 10.4. The molecule has 2 rings (SSSR count). The molecule has 0 fully saturated rings. The van der Waals surface area contributed by atoms with Crippen molar-refractivity contribution < 1.29 is 9.26 Å². The summed E-state index contributed by atoms with van der Waals surface area (Å²) >= 11 is 0. The van der Waals surface area contributed by atoms with E-state index in [1.54, 1.807) is 0 Å². The standard InChI is InChI=1S/C13H17N3O2/c1-2-17-12-5-3-4-11(8-12)9-14-7-6-13-15-10-16-18-13/h3-5,8,10,14H,2,6-7,9H2,1H3. The molecule has 0 radical (unpaired) electrons. The van der Waals surface area contributed by atoms with E-state index in [2.05, 4.69) is 21.5 Å². The zero-order valence-electron chi connectivity index (χ0n) is 10.4. The average molecular weight is 247 g/mol. The Morgan fingerprint density at radius 1 is 1.39 bits per heavy atom. The Bertz CT molecular complexity index is 457. The van der Waals surface area contributed by atoms with E-state index < -0.39 is 0 Å². The number of ether oxygens (including phenoxy) is 1. The molecule has 1 aromatic heterocycles. The second kappa shape index (κ2) is 6.76. The summed E-state index contributed by atoms with van der Waals surface area (Å²) in [5, 5.41) is 6.89. The van der Waals surface area contributed by atoms with E-state index in [1.165, 1.54) is 11.9 Å².